The van der Waals surface area contributed by atoms with Gasteiger partial charge in [-0.2, -0.15) is 13.2 Å². The molecule has 0 radical (unpaired) electrons. The van der Waals surface area contributed by atoms with Crippen molar-refractivity contribution in [2.24, 2.45) is 11.7 Å². The molecule has 18 heavy (non-hydrogen) atoms. The predicted octanol–water partition coefficient (Wildman–Crippen LogP) is 4.03. The standard InChI is InChI=1S/C13H15F4N/c14-9-5-6-10(11(7-9)13(15,16)17)12(18)8-3-1-2-4-8/h5-8,12H,1-4,18H2/t12-/m0/s1. The van der Waals surface area contributed by atoms with Gasteiger partial charge in [0.25, 0.3) is 0 Å². The van der Waals surface area contributed by atoms with Crippen molar-refractivity contribution >= 4 is 0 Å². The molecule has 2 rings (SSSR count). The Kier molecular flexibility index (Phi) is 3.61. The molecule has 0 amide bonds. The van der Waals surface area contributed by atoms with Crippen LogP contribution in [0.15, 0.2) is 18.2 Å². The van der Waals surface area contributed by atoms with Crippen LogP contribution in [0.5, 0.6) is 0 Å². The van der Waals surface area contributed by atoms with Crippen LogP contribution in [0.4, 0.5) is 17.6 Å². The van der Waals surface area contributed by atoms with E-state index in [0.29, 0.717) is 6.07 Å². The molecule has 1 atom stereocenters. The van der Waals surface area contributed by atoms with Crippen LogP contribution in [0, 0.1) is 11.7 Å². The van der Waals surface area contributed by atoms with Crippen LogP contribution in [0.2, 0.25) is 0 Å². The molecule has 1 saturated carbocycles. The van der Waals surface area contributed by atoms with Crippen molar-refractivity contribution in [3.63, 3.8) is 0 Å². The van der Waals surface area contributed by atoms with Gasteiger partial charge in [-0.15, -0.1) is 0 Å². The first-order chi connectivity index (χ1) is 8.39. The fraction of sp³-hybridized carbons (Fsp3) is 0.538. The minimum atomic E-state index is -4.56. The molecule has 1 aromatic carbocycles. The fourth-order valence-electron chi connectivity index (χ4n) is 2.64. The number of hydrogen-bond donors (Lipinski definition) is 1. The predicted molar refractivity (Wildman–Crippen MR) is 60.3 cm³/mol. The molecule has 5 heteroatoms. The first-order valence-electron chi connectivity index (χ1n) is 6.02. The molecule has 0 aliphatic heterocycles. The lowest BCUT2D eigenvalue weighted by molar-refractivity contribution is -0.138. The van der Waals surface area contributed by atoms with Crippen LogP contribution in [0.1, 0.15) is 42.9 Å². The molecule has 1 aromatic rings. The van der Waals surface area contributed by atoms with E-state index in [1.807, 2.05) is 0 Å². The molecule has 0 saturated heterocycles. The highest BCUT2D eigenvalue weighted by atomic mass is 19.4. The van der Waals surface area contributed by atoms with Gasteiger partial charge in [-0.1, -0.05) is 18.9 Å². The Morgan fingerprint density at radius 2 is 1.78 bits per heavy atom. The van der Waals surface area contributed by atoms with E-state index in [4.69, 9.17) is 5.73 Å². The molecule has 1 fully saturated rings. The summed E-state index contributed by atoms with van der Waals surface area (Å²) in [7, 11) is 0. The second-order valence-corrected chi connectivity index (χ2v) is 4.80. The summed E-state index contributed by atoms with van der Waals surface area (Å²) in [5.74, 6) is -0.818. The molecule has 100 valence electrons. The van der Waals surface area contributed by atoms with E-state index in [1.54, 1.807) is 0 Å². The van der Waals surface area contributed by atoms with Gasteiger partial charge in [0.2, 0.25) is 0 Å². The summed E-state index contributed by atoms with van der Waals surface area (Å²) in [6.45, 7) is 0. The maximum Gasteiger partial charge on any atom is 0.416 e. The maximum absolute atomic E-state index is 13.0. The van der Waals surface area contributed by atoms with E-state index in [2.05, 4.69) is 0 Å². The van der Waals surface area contributed by atoms with Crippen LogP contribution < -0.4 is 5.73 Å². The Bertz CT molecular complexity index is 421. The normalized spacial score (nSPS) is 19.2. The van der Waals surface area contributed by atoms with Gasteiger partial charge >= 0.3 is 6.18 Å². The Labute approximate surface area is 103 Å². The van der Waals surface area contributed by atoms with Crippen molar-refractivity contribution in [3.8, 4) is 0 Å². The number of hydrogen-bond acceptors (Lipinski definition) is 1. The van der Waals surface area contributed by atoms with Crippen molar-refractivity contribution in [1.29, 1.82) is 0 Å². The summed E-state index contributed by atoms with van der Waals surface area (Å²) < 4.78 is 51.5. The molecule has 0 aromatic heterocycles. The summed E-state index contributed by atoms with van der Waals surface area (Å²) in [5.41, 5.74) is 4.99. The highest BCUT2D eigenvalue weighted by Crippen LogP contribution is 2.40. The Morgan fingerprint density at radius 1 is 1.17 bits per heavy atom. The number of benzene rings is 1. The minimum absolute atomic E-state index is 0.0100. The topological polar surface area (TPSA) is 26.0 Å². The van der Waals surface area contributed by atoms with E-state index in [9.17, 15) is 17.6 Å². The van der Waals surface area contributed by atoms with Crippen molar-refractivity contribution in [2.75, 3.05) is 0 Å². The first-order valence-corrected chi connectivity index (χ1v) is 6.02. The third kappa shape index (κ3) is 2.66. The van der Waals surface area contributed by atoms with Crippen LogP contribution in [-0.2, 0) is 6.18 Å². The van der Waals surface area contributed by atoms with E-state index in [0.717, 1.165) is 31.7 Å². The lowest BCUT2D eigenvalue weighted by Crippen LogP contribution is -2.23. The largest absolute Gasteiger partial charge is 0.416 e. The number of alkyl halides is 3. The van der Waals surface area contributed by atoms with Gasteiger partial charge in [-0.05, 0) is 36.5 Å². The van der Waals surface area contributed by atoms with E-state index >= 15 is 0 Å². The van der Waals surface area contributed by atoms with E-state index in [1.165, 1.54) is 6.07 Å². The monoisotopic (exact) mass is 261 g/mol. The van der Waals surface area contributed by atoms with Crippen molar-refractivity contribution in [3.05, 3.63) is 35.1 Å². The zero-order chi connectivity index (χ0) is 13.3. The van der Waals surface area contributed by atoms with Crippen LogP contribution in [-0.4, -0.2) is 0 Å². The molecule has 0 unspecified atom stereocenters. The van der Waals surface area contributed by atoms with Crippen molar-refractivity contribution in [1.82, 2.24) is 0 Å². The SMILES string of the molecule is N[C@H](c1ccc(F)cc1C(F)(F)F)C1CCCC1. The minimum Gasteiger partial charge on any atom is -0.324 e. The summed E-state index contributed by atoms with van der Waals surface area (Å²) >= 11 is 0. The molecule has 0 spiro atoms. The van der Waals surface area contributed by atoms with Crippen LogP contribution >= 0.6 is 0 Å². The molecule has 1 aliphatic rings. The smallest absolute Gasteiger partial charge is 0.324 e. The summed E-state index contributed by atoms with van der Waals surface area (Å²) in [4.78, 5) is 0. The second kappa shape index (κ2) is 4.88. The van der Waals surface area contributed by atoms with Gasteiger partial charge in [-0.3, -0.25) is 0 Å². The average Bonchev–Trinajstić information content (AvgIpc) is 2.80. The second-order valence-electron chi connectivity index (χ2n) is 4.80. The zero-order valence-corrected chi connectivity index (χ0v) is 9.80. The Morgan fingerprint density at radius 3 is 2.33 bits per heavy atom. The molecule has 1 nitrogen and oxygen atoms in total. The number of halogens is 4. The van der Waals surface area contributed by atoms with Gasteiger partial charge in [0.05, 0.1) is 5.56 Å². The molecular weight excluding hydrogens is 246 g/mol. The Balaban J connectivity index is 2.37. The number of rotatable bonds is 2. The molecular formula is C13H15F4N. The summed E-state index contributed by atoms with van der Waals surface area (Å²) in [6.07, 6.45) is -0.874. The lowest BCUT2D eigenvalue weighted by atomic mass is 9.89. The van der Waals surface area contributed by atoms with Crippen LogP contribution in [0.25, 0.3) is 0 Å². The highest BCUT2D eigenvalue weighted by Gasteiger charge is 2.37. The van der Waals surface area contributed by atoms with Crippen molar-refractivity contribution in [2.45, 2.75) is 37.9 Å². The average molecular weight is 261 g/mol. The molecule has 0 heterocycles. The van der Waals surface area contributed by atoms with E-state index < -0.39 is 23.6 Å². The van der Waals surface area contributed by atoms with Gasteiger partial charge in [0, 0.05) is 6.04 Å². The van der Waals surface area contributed by atoms with Gasteiger partial charge in [0.15, 0.2) is 0 Å². The van der Waals surface area contributed by atoms with Crippen LogP contribution in [0.3, 0.4) is 0 Å². The van der Waals surface area contributed by atoms with Gasteiger partial charge < -0.3 is 5.73 Å². The van der Waals surface area contributed by atoms with Crippen molar-refractivity contribution < 1.29 is 17.6 Å². The summed E-state index contributed by atoms with van der Waals surface area (Å²) in [5, 5.41) is 0. The van der Waals surface area contributed by atoms with E-state index in [-0.39, 0.29) is 11.5 Å². The zero-order valence-electron chi connectivity index (χ0n) is 9.80. The lowest BCUT2D eigenvalue weighted by Gasteiger charge is -2.23. The number of nitrogens with two attached hydrogens (primary N) is 1. The summed E-state index contributed by atoms with van der Waals surface area (Å²) in [6, 6.07) is 2.08. The fourth-order valence-corrected chi connectivity index (χ4v) is 2.64. The third-order valence-corrected chi connectivity index (χ3v) is 3.59. The Hall–Kier alpha value is -1.10. The van der Waals surface area contributed by atoms with Gasteiger partial charge in [-0.25, -0.2) is 4.39 Å². The first kappa shape index (κ1) is 13.3. The molecule has 0 bridgehead atoms. The quantitative estimate of drug-likeness (QED) is 0.799. The molecule has 2 N–H and O–H groups in total. The highest BCUT2D eigenvalue weighted by molar-refractivity contribution is 5.33. The third-order valence-electron chi connectivity index (χ3n) is 3.59. The maximum atomic E-state index is 13.0. The molecule has 1 aliphatic carbocycles. The van der Waals surface area contributed by atoms with Gasteiger partial charge in [0.1, 0.15) is 5.82 Å².